The van der Waals surface area contributed by atoms with E-state index >= 15 is 0 Å². The van der Waals surface area contributed by atoms with Gasteiger partial charge in [-0.1, -0.05) is 0 Å². The lowest BCUT2D eigenvalue weighted by Crippen LogP contribution is -2.41. The maximum absolute atomic E-state index is 8.56. The Morgan fingerprint density at radius 2 is 1.67 bits per heavy atom. The molecule has 2 rings (SSSR count). The van der Waals surface area contributed by atoms with Gasteiger partial charge in [-0.05, 0) is 27.7 Å². The summed E-state index contributed by atoms with van der Waals surface area (Å²) in [6, 6.07) is 2.01. The molecule has 1 aliphatic heterocycles. The van der Waals surface area contributed by atoms with E-state index in [0.29, 0.717) is 5.82 Å². The smallest absolute Gasteiger partial charge is 0.399 e. The third-order valence-electron chi connectivity index (χ3n) is 3.49. The largest absolute Gasteiger partial charge is 0.498 e. The van der Waals surface area contributed by atoms with E-state index in [1.807, 2.05) is 33.8 Å². The molecule has 0 bridgehead atoms. The lowest BCUT2D eigenvalue weighted by Gasteiger charge is -2.32. The van der Waals surface area contributed by atoms with Crippen molar-refractivity contribution in [1.29, 1.82) is 5.26 Å². The van der Waals surface area contributed by atoms with Gasteiger partial charge in [-0.3, -0.25) is 0 Å². The van der Waals surface area contributed by atoms with Crippen molar-refractivity contribution in [2.45, 2.75) is 45.3 Å². The van der Waals surface area contributed by atoms with E-state index in [4.69, 9.17) is 14.6 Å². The van der Waals surface area contributed by atoms with Crippen LogP contribution in [0.25, 0.3) is 0 Å². The molecular weight excluding hydrogens is 229 g/mol. The van der Waals surface area contributed by atoms with Crippen LogP contribution in [0.4, 0.5) is 0 Å². The van der Waals surface area contributed by atoms with Crippen molar-refractivity contribution in [1.82, 2.24) is 9.97 Å². The second-order valence-electron chi connectivity index (χ2n) is 5.36. The SMILES string of the molecule is CC1(C)OB(c2cnc(CC#N)nc2)OC1(C)C. The molecule has 1 aromatic rings. The summed E-state index contributed by atoms with van der Waals surface area (Å²) >= 11 is 0. The predicted molar refractivity (Wildman–Crippen MR) is 67.1 cm³/mol. The van der Waals surface area contributed by atoms with Crippen LogP contribution in [-0.2, 0) is 15.7 Å². The number of hydrogen-bond donors (Lipinski definition) is 0. The summed E-state index contributed by atoms with van der Waals surface area (Å²) in [7, 11) is -0.453. The Hall–Kier alpha value is -1.45. The van der Waals surface area contributed by atoms with Crippen LogP contribution in [-0.4, -0.2) is 28.3 Å². The van der Waals surface area contributed by atoms with Crippen LogP contribution in [0.3, 0.4) is 0 Å². The Morgan fingerprint density at radius 3 is 2.11 bits per heavy atom. The first kappa shape index (κ1) is 13.0. The molecular formula is C12H16BN3O2. The fraction of sp³-hybridized carbons (Fsp3) is 0.583. The highest BCUT2D eigenvalue weighted by Gasteiger charge is 2.51. The summed E-state index contributed by atoms with van der Waals surface area (Å²) < 4.78 is 11.8. The summed E-state index contributed by atoms with van der Waals surface area (Å²) in [4.78, 5) is 8.23. The molecule has 0 aliphatic carbocycles. The molecule has 1 fully saturated rings. The zero-order valence-corrected chi connectivity index (χ0v) is 11.1. The molecule has 18 heavy (non-hydrogen) atoms. The van der Waals surface area contributed by atoms with E-state index in [1.165, 1.54) is 0 Å². The molecule has 0 aromatic carbocycles. The highest BCUT2D eigenvalue weighted by atomic mass is 16.7. The molecule has 0 saturated carbocycles. The highest BCUT2D eigenvalue weighted by molar-refractivity contribution is 6.61. The first-order chi connectivity index (χ1) is 8.36. The normalized spacial score (nSPS) is 20.7. The third kappa shape index (κ3) is 2.24. The summed E-state index contributed by atoms with van der Waals surface area (Å²) in [6.07, 6.45) is 3.52. The van der Waals surface area contributed by atoms with E-state index in [-0.39, 0.29) is 17.6 Å². The van der Waals surface area contributed by atoms with E-state index in [0.717, 1.165) is 5.46 Å². The second kappa shape index (κ2) is 4.34. The van der Waals surface area contributed by atoms with Gasteiger partial charge in [0.05, 0.1) is 23.7 Å². The average Bonchev–Trinajstić information content (AvgIpc) is 2.50. The third-order valence-corrected chi connectivity index (χ3v) is 3.49. The molecule has 1 aliphatic rings. The summed E-state index contributed by atoms with van der Waals surface area (Å²) in [5.41, 5.74) is 0.0294. The molecule has 0 spiro atoms. The maximum Gasteiger partial charge on any atom is 0.498 e. The van der Waals surface area contributed by atoms with Gasteiger partial charge >= 0.3 is 7.12 Å². The molecule has 6 heteroatoms. The number of aromatic nitrogens is 2. The highest BCUT2D eigenvalue weighted by Crippen LogP contribution is 2.36. The predicted octanol–water partition coefficient (Wildman–Crippen LogP) is 0.842. The fourth-order valence-corrected chi connectivity index (χ4v) is 1.63. The Balaban J connectivity index is 2.17. The fourth-order valence-electron chi connectivity index (χ4n) is 1.63. The van der Waals surface area contributed by atoms with Crippen LogP contribution in [0.5, 0.6) is 0 Å². The number of rotatable bonds is 2. The standard InChI is InChI=1S/C12H16BN3O2/c1-11(2)12(3,4)18-13(17-11)9-7-15-10(5-6-14)16-8-9/h7-8H,5H2,1-4H3. The zero-order valence-electron chi connectivity index (χ0n) is 11.1. The van der Waals surface area contributed by atoms with Crippen molar-refractivity contribution in [3.63, 3.8) is 0 Å². The van der Waals surface area contributed by atoms with Gasteiger partial charge < -0.3 is 9.31 Å². The second-order valence-corrected chi connectivity index (χ2v) is 5.36. The number of nitrogens with zero attached hydrogens (tertiary/aromatic N) is 3. The van der Waals surface area contributed by atoms with Gasteiger partial charge in [0, 0.05) is 17.9 Å². The van der Waals surface area contributed by atoms with Gasteiger partial charge in [0.2, 0.25) is 0 Å². The lowest BCUT2D eigenvalue weighted by molar-refractivity contribution is 0.00578. The molecule has 0 atom stereocenters. The van der Waals surface area contributed by atoms with Crippen LogP contribution < -0.4 is 5.46 Å². The maximum atomic E-state index is 8.56. The van der Waals surface area contributed by atoms with Gasteiger partial charge in [0.15, 0.2) is 0 Å². The topological polar surface area (TPSA) is 68.0 Å². The van der Waals surface area contributed by atoms with Crippen LogP contribution in [0.15, 0.2) is 12.4 Å². The van der Waals surface area contributed by atoms with Crippen molar-refractivity contribution in [2.24, 2.45) is 0 Å². The first-order valence-electron chi connectivity index (χ1n) is 5.89. The summed E-state index contributed by atoms with van der Waals surface area (Å²) in [5, 5.41) is 8.56. The summed E-state index contributed by atoms with van der Waals surface area (Å²) in [5.74, 6) is 0.512. The molecule has 0 radical (unpaired) electrons. The first-order valence-corrected chi connectivity index (χ1v) is 5.89. The van der Waals surface area contributed by atoms with Crippen LogP contribution in [0, 0.1) is 11.3 Å². The van der Waals surface area contributed by atoms with Gasteiger partial charge in [-0.15, -0.1) is 0 Å². The molecule has 2 heterocycles. The van der Waals surface area contributed by atoms with Crippen molar-refractivity contribution in [2.75, 3.05) is 0 Å². The Kier molecular flexibility index (Phi) is 3.13. The molecule has 1 aromatic heterocycles. The Labute approximate surface area is 107 Å². The van der Waals surface area contributed by atoms with Crippen molar-refractivity contribution >= 4 is 12.6 Å². The minimum absolute atomic E-state index is 0.212. The minimum Gasteiger partial charge on any atom is -0.399 e. The monoisotopic (exact) mass is 245 g/mol. The number of nitriles is 1. The Bertz CT molecular complexity index is 463. The quantitative estimate of drug-likeness (QED) is 0.722. The molecule has 0 N–H and O–H groups in total. The Morgan fingerprint density at radius 1 is 1.17 bits per heavy atom. The van der Waals surface area contributed by atoms with Crippen molar-refractivity contribution < 1.29 is 9.31 Å². The number of hydrogen-bond acceptors (Lipinski definition) is 5. The zero-order chi connectivity index (χ0) is 13.4. The molecule has 0 unspecified atom stereocenters. The lowest BCUT2D eigenvalue weighted by atomic mass is 9.81. The molecule has 5 nitrogen and oxygen atoms in total. The minimum atomic E-state index is -0.453. The average molecular weight is 245 g/mol. The van der Waals surface area contributed by atoms with Gasteiger partial charge in [-0.25, -0.2) is 9.97 Å². The van der Waals surface area contributed by atoms with Gasteiger partial charge in [-0.2, -0.15) is 5.26 Å². The van der Waals surface area contributed by atoms with Crippen molar-refractivity contribution in [3.05, 3.63) is 18.2 Å². The molecule has 94 valence electrons. The molecule has 0 amide bonds. The summed E-state index contributed by atoms with van der Waals surface area (Å²) in [6.45, 7) is 7.99. The van der Waals surface area contributed by atoms with E-state index < -0.39 is 7.12 Å². The van der Waals surface area contributed by atoms with E-state index in [9.17, 15) is 0 Å². The van der Waals surface area contributed by atoms with E-state index in [2.05, 4.69) is 9.97 Å². The van der Waals surface area contributed by atoms with Gasteiger partial charge in [0.25, 0.3) is 0 Å². The molecule has 1 saturated heterocycles. The van der Waals surface area contributed by atoms with Crippen LogP contribution in [0.2, 0.25) is 0 Å². The van der Waals surface area contributed by atoms with Crippen molar-refractivity contribution in [3.8, 4) is 6.07 Å². The van der Waals surface area contributed by atoms with Gasteiger partial charge in [0.1, 0.15) is 5.82 Å². The van der Waals surface area contributed by atoms with Crippen LogP contribution in [0.1, 0.15) is 33.5 Å². The van der Waals surface area contributed by atoms with Crippen LogP contribution >= 0.6 is 0 Å². The van der Waals surface area contributed by atoms with E-state index in [1.54, 1.807) is 12.4 Å².